The number of rotatable bonds is 3. The molecule has 1 atom stereocenters. The van der Waals surface area contributed by atoms with E-state index in [2.05, 4.69) is 0 Å². The van der Waals surface area contributed by atoms with Crippen molar-refractivity contribution in [2.45, 2.75) is 12.5 Å². The highest BCUT2D eigenvalue weighted by Crippen LogP contribution is 2.27. The standard InChI is InChI=1S/C14H10Cl3FO/c15-10-3-2-9(7-11(10)16)14(19)6-8-1-4-13(18)12(17)5-8/h1-5,7,14,19H,6H2. The molecule has 19 heavy (non-hydrogen) atoms. The second kappa shape index (κ2) is 6.10. The molecule has 0 amide bonds. The Morgan fingerprint density at radius 3 is 2.32 bits per heavy atom. The summed E-state index contributed by atoms with van der Waals surface area (Å²) in [6, 6.07) is 9.29. The quantitative estimate of drug-likeness (QED) is 0.838. The topological polar surface area (TPSA) is 20.2 Å². The van der Waals surface area contributed by atoms with E-state index in [0.29, 0.717) is 22.0 Å². The summed E-state index contributed by atoms with van der Waals surface area (Å²) >= 11 is 17.4. The van der Waals surface area contributed by atoms with Crippen LogP contribution in [0.3, 0.4) is 0 Å². The molecule has 2 rings (SSSR count). The van der Waals surface area contributed by atoms with Crippen LogP contribution in [0.5, 0.6) is 0 Å². The molecular weight excluding hydrogens is 310 g/mol. The van der Waals surface area contributed by atoms with Gasteiger partial charge in [0.2, 0.25) is 0 Å². The average Bonchev–Trinajstić information content (AvgIpc) is 2.37. The van der Waals surface area contributed by atoms with Gasteiger partial charge >= 0.3 is 0 Å². The van der Waals surface area contributed by atoms with Gasteiger partial charge in [-0.25, -0.2) is 4.39 Å². The molecule has 1 N–H and O–H groups in total. The molecule has 2 aromatic carbocycles. The Labute approximate surface area is 125 Å². The van der Waals surface area contributed by atoms with Crippen molar-refractivity contribution < 1.29 is 9.50 Å². The maximum Gasteiger partial charge on any atom is 0.141 e. The molecule has 0 heterocycles. The summed E-state index contributed by atoms with van der Waals surface area (Å²) in [5.74, 6) is -0.477. The van der Waals surface area contributed by atoms with Gasteiger partial charge in [0.15, 0.2) is 0 Å². The summed E-state index contributed by atoms with van der Waals surface area (Å²) < 4.78 is 13.0. The third-order valence-corrected chi connectivity index (χ3v) is 3.77. The second-order valence-corrected chi connectivity index (χ2v) is 5.36. The van der Waals surface area contributed by atoms with E-state index in [0.717, 1.165) is 5.56 Å². The highest BCUT2D eigenvalue weighted by Gasteiger charge is 2.11. The molecule has 100 valence electrons. The third kappa shape index (κ3) is 3.61. The van der Waals surface area contributed by atoms with E-state index >= 15 is 0 Å². The summed E-state index contributed by atoms with van der Waals surface area (Å²) in [7, 11) is 0. The lowest BCUT2D eigenvalue weighted by molar-refractivity contribution is 0.178. The fraction of sp³-hybridized carbons (Fsp3) is 0.143. The van der Waals surface area contributed by atoms with Crippen molar-refractivity contribution in [3.63, 3.8) is 0 Å². The molecule has 2 aromatic rings. The molecule has 1 nitrogen and oxygen atoms in total. The van der Waals surface area contributed by atoms with Gasteiger partial charge in [0.1, 0.15) is 5.82 Å². The zero-order chi connectivity index (χ0) is 14.0. The molecule has 0 bridgehead atoms. The van der Waals surface area contributed by atoms with Crippen LogP contribution in [0.25, 0.3) is 0 Å². The van der Waals surface area contributed by atoms with Crippen molar-refractivity contribution in [2.75, 3.05) is 0 Å². The van der Waals surface area contributed by atoms with E-state index in [1.807, 2.05) is 0 Å². The van der Waals surface area contributed by atoms with Crippen LogP contribution < -0.4 is 0 Å². The van der Waals surface area contributed by atoms with Crippen LogP contribution >= 0.6 is 34.8 Å². The Hall–Kier alpha value is -0.800. The molecule has 0 saturated carbocycles. The van der Waals surface area contributed by atoms with Crippen molar-refractivity contribution in [1.82, 2.24) is 0 Å². The van der Waals surface area contributed by atoms with Crippen LogP contribution in [0.1, 0.15) is 17.2 Å². The van der Waals surface area contributed by atoms with Crippen LogP contribution in [-0.2, 0) is 6.42 Å². The molecular formula is C14H10Cl3FO. The monoisotopic (exact) mass is 318 g/mol. The van der Waals surface area contributed by atoms with E-state index in [-0.39, 0.29) is 5.02 Å². The van der Waals surface area contributed by atoms with Gasteiger partial charge < -0.3 is 5.11 Å². The first-order chi connectivity index (χ1) is 8.97. The van der Waals surface area contributed by atoms with Gasteiger partial charge in [-0.3, -0.25) is 0 Å². The zero-order valence-corrected chi connectivity index (χ0v) is 12.0. The Balaban J connectivity index is 2.17. The third-order valence-electron chi connectivity index (χ3n) is 2.74. The molecule has 0 fully saturated rings. The summed E-state index contributed by atoms with van der Waals surface area (Å²) in [5, 5.41) is 11.0. The number of hydrogen-bond acceptors (Lipinski definition) is 1. The van der Waals surface area contributed by atoms with Crippen molar-refractivity contribution in [3.05, 3.63) is 68.4 Å². The number of halogens is 4. The fourth-order valence-electron chi connectivity index (χ4n) is 1.73. The van der Waals surface area contributed by atoms with E-state index in [4.69, 9.17) is 34.8 Å². The molecule has 1 unspecified atom stereocenters. The Bertz CT molecular complexity index is 601. The van der Waals surface area contributed by atoms with Gasteiger partial charge in [-0.05, 0) is 35.4 Å². The van der Waals surface area contributed by atoms with Crippen molar-refractivity contribution in [3.8, 4) is 0 Å². The molecule has 5 heteroatoms. The van der Waals surface area contributed by atoms with Crippen LogP contribution in [0.15, 0.2) is 36.4 Å². The minimum absolute atomic E-state index is 0.0406. The maximum absolute atomic E-state index is 13.0. The summed E-state index contributed by atoms with van der Waals surface area (Å²) in [5.41, 5.74) is 1.39. The molecule has 0 spiro atoms. The lowest BCUT2D eigenvalue weighted by Gasteiger charge is -2.12. The smallest absolute Gasteiger partial charge is 0.141 e. The summed E-state index contributed by atoms with van der Waals surface area (Å²) in [4.78, 5) is 0. The van der Waals surface area contributed by atoms with Gasteiger partial charge in [0.25, 0.3) is 0 Å². The summed E-state index contributed by atoms with van der Waals surface area (Å²) in [6.07, 6.45) is -0.436. The maximum atomic E-state index is 13.0. The molecule has 0 aromatic heterocycles. The Morgan fingerprint density at radius 1 is 0.947 bits per heavy atom. The second-order valence-electron chi connectivity index (χ2n) is 4.14. The van der Waals surface area contributed by atoms with Crippen LogP contribution in [0.4, 0.5) is 4.39 Å². The first kappa shape index (κ1) is 14.6. The number of benzene rings is 2. The van der Waals surface area contributed by atoms with Crippen LogP contribution in [0.2, 0.25) is 15.1 Å². The highest BCUT2D eigenvalue weighted by atomic mass is 35.5. The largest absolute Gasteiger partial charge is 0.388 e. The van der Waals surface area contributed by atoms with Crippen molar-refractivity contribution >= 4 is 34.8 Å². The normalized spacial score (nSPS) is 12.5. The van der Waals surface area contributed by atoms with Gasteiger partial charge in [0.05, 0.1) is 21.2 Å². The molecule has 0 radical (unpaired) electrons. The first-order valence-electron chi connectivity index (χ1n) is 5.54. The van der Waals surface area contributed by atoms with Gasteiger partial charge in [-0.1, -0.05) is 46.9 Å². The lowest BCUT2D eigenvalue weighted by Crippen LogP contribution is -2.02. The highest BCUT2D eigenvalue weighted by molar-refractivity contribution is 6.42. The Morgan fingerprint density at radius 2 is 1.68 bits per heavy atom. The van der Waals surface area contributed by atoms with Gasteiger partial charge in [-0.2, -0.15) is 0 Å². The predicted molar refractivity (Wildman–Crippen MR) is 76.5 cm³/mol. The summed E-state index contributed by atoms with van der Waals surface area (Å²) in [6.45, 7) is 0. The molecule has 0 aliphatic heterocycles. The predicted octanol–water partition coefficient (Wildman–Crippen LogP) is 5.06. The zero-order valence-electron chi connectivity index (χ0n) is 9.71. The number of aliphatic hydroxyl groups excluding tert-OH is 1. The van der Waals surface area contributed by atoms with E-state index < -0.39 is 11.9 Å². The molecule has 0 aliphatic carbocycles. The number of hydrogen-bond donors (Lipinski definition) is 1. The average molecular weight is 320 g/mol. The van der Waals surface area contributed by atoms with Crippen molar-refractivity contribution in [1.29, 1.82) is 0 Å². The van der Waals surface area contributed by atoms with E-state index in [9.17, 15) is 9.50 Å². The van der Waals surface area contributed by atoms with E-state index in [1.165, 1.54) is 12.1 Å². The van der Waals surface area contributed by atoms with Crippen LogP contribution in [0, 0.1) is 5.82 Å². The van der Waals surface area contributed by atoms with Crippen molar-refractivity contribution in [2.24, 2.45) is 0 Å². The SMILES string of the molecule is OC(Cc1ccc(F)c(Cl)c1)c1ccc(Cl)c(Cl)c1. The minimum Gasteiger partial charge on any atom is -0.388 e. The number of aliphatic hydroxyl groups is 1. The van der Waals surface area contributed by atoms with E-state index in [1.54, 1.807) is 24.3 Å². The van der Waals surface area contributed by atoms with Gasteiger partial charge in [0, 0.05) is 6.42 Å². The first-order valence-corrected chi connectivity index (χ1v) is 6.67. The van der Waals surface area contributed by atoms with Crippen LogP contribution in [-0.4, -0.2) is 5.11 Å². The fourth-order valence-corrected chi connectivity index (χ4v) is 2.24. The molecule has 0 saturated heterocycles. The lowest BCUT2D eigenvalue weighted by atomic mass is 10.0. The molecule has 0 aliphatic rings. The minimum atomic E-state index is -0.753. The van der Waals surface area contributed by atoms with Gasteiger partial charge in [-0.15, -0.1) is 0 Å². The Kier molecular flexibility index (Phi) is 4.69.